The lowest BCUT2D eigenvalue weighted by Crippen LogP contribution is -2.35. The van der Waals surface area contributed by atoms with E-state index in [1.54, 1.807) is 0 Å². The predicted molar refractivity (Wildman–Crippen MR) is 128 cm³/mol. The molecule has 0 bridgehead atoms. The van der Waals surface area contributed by atoms with E-state index in [0.29, 0.717) is 36.6 Å². The van der Waals surface area contributed by atoms with E-state index >= 15 is 0 Å². The van der Waals surface area contributed by atoms with Gasteiger partial charge in [-0.15, -0.1) is 0 Å². The van der Waals surface area contributed by atoms with Crippen molar-refractivity contribution in [1.29, 1.82) is 0 Å². The molecule has 10 heteroatoms. The van der Waals surface area contributed by atoms with Gasteiger partial charge in [-0.2, -0.15) is 4.98 Å². The Hall–Kier alpha value is -1.49. The number of aliphatic hydroxyl groups is 1. The summed E-state index contributed by atoms with van der Waals surface area (Å²) in [4.78, 5) is 9.50. The zero-order chi connectivity index (χ0) is 23.2. The van der Waals surface area contributed by atoms with Crippen LogP contribution in [-0.2, 0) is 20.9 Å². The van der Waals surface area contributed by atoms with Crippen LogP contribution in [0, 0.1) is 0 Å². The molecule has 0 unspecified atom stereocenters. The predicted octanol–water partition coefficient (Wildman–Crippen LogP) is 3.87. The second-order valence-corrected chi connectivity index (χ2v) is 16.3. The molecule has 4 heterocycles. The van der Waals surface area contributed by atoms with Crippen LogP contribution in [0.25, 0.3) is 16.7 Å². The van der Waals surface area contributed by atoms with Gasteiger partial charge < -0.3 is 24.1 Å². The number of allylic oxidation sites excluding steroid dienone is 2. The number of hydrogen-bond donors (Lipinski definition) is 1. The number of imidazole rings is 1. The van der Waals surface area contributed by atoms with Crippen LogP contribution in [0.2, 0.25) is 30.7 Å². The minimum atomic E-state index is -1.21. The van der Waals surface area contributed by atoms with Crippen molar-refractivity contribution in [3.8, 4) is 6.01 Å². The smallest absolute Gasteiger partial charge is 0.301 e. The summed E-state index contributed by atoms with van der Waals surface area (Å²) in [5.74, 6) is 0. The van der Waals surface area contributed by atoms with Crippen LogP contribution in [0.3, 0.4) is 0 Å². The van der Waals surface area contributed by atoms with Crippen molar-refractivity contribution in [2.24, 2.45) is 0 Å². The highest BCUT2D eigenvalue weighted by atomic mass is 35.5. The highest BCUT2D eigenvalue weighted by molar-refractivity contribution is 6.76. The summed E-state index contributed by atoms with van der Waals surface area (Å²) in [6.45, 7) is 8.53. The fourth-order valence-corrected chi connectivity index (χ4v) is 5.57. The summed E-state index contributed by atoms with van der Waals surface area (Å²) in [5.41, 5.74) is 3.32. The molecule has 2 fully saturated rings. The number of aliphatic hydroxyl groups excluding tert-OH is 1. The van der Waals surface area contributed by atoms with Gasteiger partial charge in [0.15, 0.2) is 11.8 Å². The average molecular weight is 494 g/mol. The Morgan fingerprint density at radius 2 is 2.03 bits per heavy atom. The second-order valence-electron chi connectivity index (χ2n) is 10.3. The van der Waals surface area contributed by atoms with E-state index in [4.69, 9.17) is 40.5 Å². The second kappa shape index (κ2) is 9.28. The molecule has 1 N–H and O–H groups in total. The fourth-order valence-electron chi connectivity index (χ4n) is 4.54. The van der Waals surface area contributed by atoms with Gasteiger partial charge in [-0.1, -0.05) is 37.3 Å². The summed E-state index contributed by atoms with van der Waals surface area (Å²) in [5, 5.41) is 10.7. The molecule has 0 radical (unpaired) electrons. The maximum absolute atomic E-state index is 10.1. The molecule has 33 heavy (non-hydrogen) atoms. The number of nitrogens with zero attached hydrogens (tertiary/aromatic N) is 3. The van der Waals surface area contributed by atoms with E-state index in [9.17, 15) is 5.11 Å². The van der Waals surface area contributed by atoms with Gasteiger partial charge in [-0.25, -0.2) is 4.98 Å². The molecule has 8 nitrogen and oxygen atoms in total. The number of pyridine rings is 1. The van der Waals surface area contributed by atoms with Crippen molar-refractivity contribution >= 4 is 36.4 Å². The average Bonchev–Trinajstić information content (AvgIpc) is 3.52. The lowest BCUT2D eigenvalue weighted by molar-refractivity contribution is 0.00339. The largest absolute Gasteiger partial charge is 0.456 e. The molecular formula is C23H32ClN3O5Si. The number of ether oxygens (including phenoxy) is 4. The van der Waals surface area contributed by atoms with Crippen LogP contribution in [0.1, 0.15) is 25.0 Å². The fraction of sp³-hybridized carbons (Fsp3) is 0.652. The molecule has 180 valence electrons. The number of aromatic nitrogens is 3. The normalized spacial score (nSPS) is 27.4. The summed E-state index contributed by atoms with van der Waals surface area (Å²) in [6.07, 6.45) is 3.67. The Kier molecular flexibility index (Phi) is 6.54. The molecule has 2 aliphatic heterocycles. The molecule has 2 aromatic rings. The first-order valence-corrected chi connectivity index (χ1v) is 15.8. The molecule has 2 saturated heterocycles. The number of halogens is 1. The molecule has 1 aliphatic carbocycles. The Balaban J connectivity index is 1.43. The quantitative estimate of drug-likeness (QED) is 0.441. The van der Waals surface area contributed by atoms with Gasteiger partial charge in [0.2, 0.25) is 0 Å². The Labute approximate surface area is 199 Å². The maximum atomic E-state index is 10.1. The van der Waals surface area contributed by atoms with Crippen molar-refractivity contribution < 1.29 is 24.1 Å². The lowest BCUT2D eigenvalue weighted by Gasteiger charge is -2.19. The SMILES string of the molecule is C[Si](C)(C)CCOCn1c(O[C@@H]2CO[C@H]3[C@@H]2OC[C@H]3O)nc2nc(C3=CCCC3)c(Cl)cc21. The Morgan fingerprint density at radius 3 is 2.79 bits per heavy atom. The molecule has 2 aromatic heterocycles. The number of fused-ring (bicyclic) bond motifs is 2. The van der Waals surface area contributed by atoms with Crippen LogP contribution in [0.15, 0.2) is 12.1 Å². The standard InChI is InChI=1S/C23H32ClN3O5Si/c1-33(2,3)9-8-29-13-27-16-10-15(24)19(14-6-4-5-7-14)25-22(16)26-23(27)32-18-12-31-20-17(28)11-30-21(18)20/h6,10,17-18,20-21,28H,4-5,7-9,11-13H2,1-3H3/t17-,18-,20-,21-/m1/s1. The van der Waals surface area contributed by atoms with Gasteiger partial charge >= 0.3 is 6.01 Å². The lowest BCUT2D eigenvalue weighted by atomic mass is 10.1. The van der Waals surface area contributed by atoms with E-state index in [1.165, 1.54) is 5.57 Å². The first kappa shape index (κ1) is 23.3. The van der Waals surface area contributed by atoms with E-state index in [2.05, 4.69) is 25.7 Å². The Morgan fingerprint density at radius 1 is 1.21 bits per heavy atom. The van der Waals surface area contributed by atoms with Crippen LogP contribution in [-0.4, -0.2) is 72.0 Å². The summed E-state index contributed by atoms with van der Waals surface area (Å²) in [6, 6.07) is 3.38. The molecule has 0 saturated carbocycles. The van der Waals surface area contributed by atoms with E-state index in [0.717, 1.165) is 36.5 Å². The maximum Gasteiger partial charge on any atom is 0.301 e. The molecule has 0 aromatic carbocycles. The topological polar surface area (TPSA) is 87.9 Å². The van der Waals surface area contributed by atoms with Crippen molar-refractivity contribution in [2.75, 3.05) is 19.8 Å². The molecule has 4 atom stereocenters. The first-order chi connectivity index (χ1) is 15.8. The van der Waals surface area contributed by atoms with Crippen molar-refractivity contribution in [3.05, 3.63) is 22.9 Å². The van der Waals surface area contributed by atoms with Crippen LogP contribution in [0.4, 0.5) is 0 Å². The van der Waals surface area contributed by atoms with Crippen LogP contribution in [0.5, 0.6) is 6.01 Å². The van der Waals surface area contributed by atoms with Gasteiger partial charge in [-0.3, -0.25) is 4.57 Å². The van der Waals surface area contributed by atoms with Gasteiger partial charge in [-0.05, 0) is 36.9 Å². The highest BCUT2D eigenvalue weighted by Gasteiger charge is 2.49. The molecule has 0 amide bonds. The van der Waals surface area contributed by atoms with Crippen LogP contribution >= 0.6 is 11.6 Å². The third-order valence-corrected chi connectivity index (χ3v) is 8.45. The minimum absolute atomic E-state index is 0.251. The molecule has 3 aliphatic rings. The van der Waals surface area contributed by atoms with Gasteiger partial charge in [0, 0.05) is 14.7 Å². The van der Waals surface area contributed by atoms with E-state index in [1.807, 2.05) is 10.6 Å². The number of hydrogen-bond acceptors (Lipinski definition) is 7. The van der Waals surface area contributed by atoms with E-state index < -0.39 is 14.2 Å². The Bertz CT molecular complexity index is 1050. The third-order valence-electron chi connectivity index (χ3n) is 6.46. The van der Waals surface area contributed by atoms with E-state index in [-0.39, 0.29) is 24.9 Å². The van der Waals surface area contributed by atoms with Crippen molar-refractivity contribution in [3.63, 3.8) is 0 Å². The van der Waals surface area contributed by atoms with Gasteiger partial charge in [0.1, 0.15) is 25.0 Å². The summed E-state index contributed by atoms with van der Waals surface area (Å²) in [7, 11) is -1.21. The summed E-state index contributed by atoms with van der Waals surface area (Å²) < 4.78 is 25.6. The highest BCUT2D eigenvalue weighted by Crippen LogP contribution is 2.35. The van der Waals surface area contributed by atoms with Crippen LogP contribution < -0.4 is 4.74 Å². The van der Waals surface area contributed by atoms with Gasteiger partial charge in [0.25, 0.3) is 0 Å². The zero-order valence-corrected chi connectivity index (χ0v) is 21.2. The number of rotatable bonds is 8. The van der Waals surface area contributed by atoms with Gasteiger partial charge in [0.05, 0.1) is 29.4 Å². The van der Waals surface area contributed by atoms with Crippen molar-refractivity contribution in [2.45, 2.75) is 76.1 Å². The molecular weight excluding hydrogens is 462 g/mol. The zero-order valence-electron chi connectivity index (χ0n) is 19.4. The molecule has 0 spiro atoms. The summed E-state index contributed by atoms with van der Waals surface area (Å²) >= 11 is 6.66. The minimum Gasteiger partial charge on any atom is -0.456 e. The molecule has 5 rings (SSSR count). The third kappa shape index (κ3) is 4.85. The monoisotopic (exact) mass is 493 g/mol. The first-order valence-electron chi connectivity index (χ1n) is 11.7. The van der Waals surface area contributed by atoms with Crippen molar-refractivity contribution in [1.82, 2.24) is 14.5 Å².